The van der Waals surface area contributed by atoms with Crippen molar-refractivity contribution in [3.63, 3.8) is 0 Å². The van der Waals surface area contributed by atoms with Crippen molar-refractivity contribution in [2.75, 3.05) is 0 Å². The lowest BCUT2D eigenvalue weighted by Crippen LogP contribution is -1.99. The zero-order chi connectivity index (χ0) is 13.7. The van der Waals surface area contributed by atoms with Crippen LogP contribution in [-0.4, -0.2) is 15.0 Å². The maximum Gasteiger partial charge on any atom is 0.323 e. The molecule has 4 aromatic rings. The SMILES string of the molecule is O=c1[nH]c2ccc(-c3cc4nccc(Cl)c4o3)cc2[nH]1. The lowest BCUT2D eigenvalue weighted by atomic mass is 10.1. The smallest absolute Gasteiger partial charge is 0.323 e. The molecule has 20 heavy (non-hydrogen) atoms. The number of H-pyrrole nitrogens is 2. The minimum atomic E-state index is -0.230. The summed E-state index contributed by atoms with van der Waals surface area (Å²) in [5, 5.41) is 0.525. The van der Waals surface area contributed by atoms with Crippen LogP contribution in [0.15, 0.2) is 45.7 Å². The normalized spacial score (nSPS) is 11.4. The molecule has 6 heteroatoms. The van der Waals surface area contributed by atoms with Crippen LogP contribution < -0.4 is 5.69 Å². The summed E-state index contributed by atoms with van der Waals surface area (Å²) in [6.07, 6.45) is 1.64. The Bertz CT molecular complexity index is 996. The molecule has 0 saturated carbocycles. The second-order valence-electron chi connectivity index (χ2n) is 4.46. The van der Waals surface area contributed by atoms with Crippen LogP contribution in [0.4, 0.5) is 0 Å². The quantitative estimate of drug-likeness (QED) is 0.563. The van der Waals surface area contributed by atoms with E-state index in [-0.39, 0.29) is 5.69 Å². The topological polar surface area (TPSA) is 74.7 Å². The number of aromatic amines is 2. The molecule has 0 aliphatic rings. The number of hydrogen-bond donors (Lipinski definition) is 2. The number of halogens is 1. The van der Waals surface area contributed by atoms with Crippen molar-refractivity contribution in [1.29, 1.82) is 0 Å². The molecule has 1 aromatic carbocycles. The fourth-order valence-corrected chi connectivity index (χ4v) is 2.43. The molecule has 0 saturated heterocycles. The first-order valence-corrected chi connectivity index (χ1v) is 6.35. The number of aromatic nitrogens is 3. The van der Waals surface area contributed by atoms with E-state index in [1.807, 2.05) is 24.3 Å². The predicted octanol–water partition coefficient (Wildman–Crippen LogP) is 3.32. The van der Waals surface area contributed by atoms with E-state index in [0.29, 0.717) is 21.9 Å². The molecule has 0 atom stereocenters. The van der Waals surface area contributed by atoms with Gasteiger partial charge >= 0.3 is 5.69 Å². The average molecular weight is 286 g/mol. The summed E-state index contributed by atoms with van der Waals surface area (Å²) < 4.78 is 5.74. The summed E-state index contributed by atoms with van der Waals surface area (Å²) in [6.45, 7) is 0. The molecule has 0 aliphatic heterocycles. The van der Waals surface area contributed by atoms with Crippen molar-refractivity contribution in [1.82, 2.24) is 15.0 Å². The number of benzene rings is 1. The fourth-order valence-electron chi connectivity index (χ4n) is 2.24. The van der Waals surface area contributed by atoms with Gasteiger partial charge in [0.15, 0.2) is 5.58 Å². The van der Waals surface area contributed by atoms with Gasteiger partial charge in [-0.25, -0.2) is 4.79 Å². The van der Waals surface area contributed by atoms with Gasteiger partial charge in [0.25, 0.3) is 0 Å². The molecule has 3 heterocycles. The molecule has 0 amide bonds. The molecule has 98 valence electrons. The van der Waals surface area contributed by atoms with E-state index in [2.05, 4.69) is 15.0 Å². The van der Waals surface area contributed by atoms with Gasteiger partial charge in [0.05, 0.1) is 16.1 Å². The summed E-state index contributed by atoms with van der Waals surface area (Å²) in [5.74, 6) is 0.657. The summed E-state index contributed by atoms with van der Waals surface area (Å²) in [7, 11) is 0. The number of furan rings is 1. The van der Waals surface area contributed by atoms with Crippen LogP contribution in [0.5, 0.6) is 0 Å². The Balaban J connectivity index is 1.95. The third-order valence-electron chi connectivity index (χ3n) is 3.16. The van der Waals surface area contributed by atoms with Crippen molar-refractivity contribution >= 4 is 33.7 Å². The van der Waals surface area contributed by atoms with E-state index >= 15 is 0 Å². The third-order valence-corrected chi connectivity index (χ3v) is 3.46. The van der Waals surface area contributed by atoms with Crippen LogP contribution in [0, 0.1) is 0 Å². The van der Waals surface area contributed by atoms with Gasteiger partial charge in [-0.05, 0) is 24.3 Å². The molecule has 0 spiro atoms. The Morgan fingerprint density at radius 2 is 1.95 bits per heavy atom. The first-order valence-electron chi connectivity index (χ1n) is 5.97. The van der Waals surface area contributed by atoms with Gasteiger partial charge in [-0.1, -0.05) is 11.6 Å². The maximum atomic E-state index is 11.3. The van der Waals surface area contributed by atoms with E-state index < -0.39 is 0 Å². The molecule has 0 radical (unpaired) electrons. The summed E-state index contributed by atoms with van der Waals surface area (Å²) in [6, 6.07) is 9.05. The van der Waals surface area contributed by atoms with Gasteiger partial charge < -0.3 is 14.4 Å². The number of fused-ring (bicyclic) bond motifs is 2. The van der Waals surface area contributed by atoms with Crippen molar-refractivity contribution in [3.8, 4) is 11.3 Å². The van der Waals surface area contributed by atoms with E-state index in [4.69, 9.17) is 16.0 Å². The van der Waals surface area contributed by atoms with Crippen LogP contribution >= 0.6 is 11.6 Å². The monoisotopic (exact) mass is 285 g/mol. The third kappa shape index (κ3) is 1.64. The second kappa shape index (κ2) is 3.98. The number of hydrogen-bond acceptors (Lipinski definition) is 3. The summed E-state index contributed by atoms with van der Waals surface area (Å²) >= 11 is 6.07. The Labute approximate surface area is 117 Å². The molecule has 2 N–H and O–H groups in total. The first kappa shape index (κ1) is 11.3. The minimum absolute atomic E-state index is 0.230. The summed E-state index contributed by atoms with van der Waals surface area (Å²) in [4.78, 5) is 20.9. The van der Waals surface area contributed by atoms with Crippen LogP contribution in [0.1, 0.15) is 0 Å². The van der Waals surface area contributed by atoms with Crippen molar-refractivity contribution in [2.45, 2.75) is 0 Å². The van der Waals surface area contributed by atoms with E-state index in [9.17, 15) is 4.79 Å². The molecule has 0 unspecified atom stereocenters. The Morgan fingerprint density at radius 3 is 2.80 bits per heavy atom. The molecule has 0 aliphatic carbocycles. The minimum Gasteiger partial charge on any atom is -0.453 e. The van der Waals surface area contributed by atoms with E-state index in [0.717, 1.165) is 16.6 Å². The maximum absolute atomic E-state index is 11.3. The summed E-state index contributed by atoms with van der Waals surface area (Å²) in [5.41, 5.74) is 3.37. The molecular formula is C14H8ClN3O2. The van der Waals surface area contributed by atoms with E-state index in [1.54, 1.807) is 12.3 Å². The average Bonchev–Trinajstić information content (AvgIpc) is 3.00. The lowest BCUT2D eigenvalue weighted by Gasteiger charge is -1.96. The number of nitrogens with zero attached hydrogens (tertiary/aromatic N) is 1. The molecule has 3 aromatic heterocycles. The first-order chi connectivity index (χ1) is 9.70. The Morgan fingerprint density at radius 1 is 1.10 bits per heavy atom. The molecule has 4 rings (SSSR count). The van der Waals surface area contributed by atoms with Gasteiger partial charge in [0, 0.05) is 17.8 Å². The van der Waals surface area contributed by atoms with Crippen LogP contribution in [0.3, 0.4) is 0 Å². The number of rotatable bonds is 1. The van der Waals surface area contributed by atoms with Gasteiger partial charge in [-0.2, -0.15) is 0 Å². The highest BCUT2D eigenvalue weighted by molar-refractivity contribution is 6.34. The fraction of sp³-hybridized carbons (Fsp3) is 0. The highest BCUT2D eigenvalue weighted by atomic mass is 35.5. The molecule has 0 fully saturated rings. The van der Waals surface area contributed by atoms with Crippen LogP contribution in [0.25, 0.3) is 33.5 Å². The molecule has 0 bridgehead atoms. The van der Waals surface area contributed by atoms with Crippen molar-refractivity contribution in [3.05, 3.63) is 52.0 Å². The van der Waals surface area contributed by atoms with Crippen molar-refractivity contribution < 1.29 is 4.42 Å². The van der Waals surface area contributed by atoms with Crippen molar-refractivity contribution in [2.24, 2.45) is 0 Å². The highest BCUT2D eigenvalue weighted by Gasteiger charge is 2.10. The van der Waals surface area contributed by atoms with Crippen LogP contribution in [0.2, 0.25) is 5.02 Å². The van der Waals surface area contributed by atoms with Gasteiger partial charge in [0.2, 0.25) is 0 Å². The zero-order valence-electron chi connectivity index (χ0n) is 10.1. The Kier molecular flexibility index (Phi) is 2.25. The zero-order valence-corrected chi connectivity index (χ0v) is 10.9. The Hall–Kier alpha value is -2.53. The van der Waals surface area contributed by atoms with Gasteiger partial charge in [-0.15, -0.1) is 0 Å². The standard InChI is InChI=1S/C14H8ClN3O2/c15-8-3-4-16-11-6-12(20-13(8)11)7-1-2-9-10(5-7)18-14(19)17-9/h1-6H,(H2,17,18,19). The number of imidazole rings is 1. The lowest BCUT2D eigenvalue weighted by molar-refractivity contribution is 0.631. The van der Waals surface area contributed by atoms with Gasteiger partial charge in [0.1, 0.15) is 11.3 Å². The largest absolute Gasteiger partial charge is 0.453 e. The molecular weight excluding hydrogens is 278 g/mol. The predicted molar refractivity (Wildman–Crippen MR) is 76.9 cm³/mol. The van der Waals surface area contributed by atoms with Gasteiger partial charge in [-0.3, -0.25) is 4.98 Å². The number of pyridine rings is 1. The van der Waals surface area contributed by atoms with E-state index in [1.165, 1.54) is 0 Å². The molecule has 5 nitrogen and oxygen atoms in total. The second-order valence-corrected chi connectivity index (χ2v) is 4.86. The highest BCUT2D eigenvalue weighted by Crippen LogP contribution is 2.31. The number of nitrogens with one attached hydrogen (secondary N) is 2. The van der Waals surface area contributed by atoms with Crippen LogP contribution in [-0.2, 0) is 0 Å².